The van der Waals surface area contributed by atoms with Gasteiger partial charge in [-0.15, -0.1) is 0 Å². The largest absolute Gasteiger partial charge is 0.381 e. The van der Waals surface area contributed by atoms with Crippen LogP contribution in [0.1, 0.15) is 39.0 Å². The molecule has 0 aromatic heterocycles. The lowest BCUT2D eigenvalue weighted by Gasteiger charge is -2.03. The normalized spacial score (nSPS) is 10.6. The number of ether oxygens (including phenoxy) is 2. The van der Waals surface area contributed by atoms with E-state index in [1.807, 2.05) is 0 Å². The molecule has 0 aromatic rings. The first kappa shape index (κ1) is 12.9. The zero-order valence-corrected chi connectivity index (χ0v) is 8.89. The monoisotopic (exact) mass is 187 g/mol. The van der Waals surface area contributed by atoms with Crippen molar-refractivity contribution in [2.24, 2.45) is 0 Å². The van der Waals surface area contributed by atoms with Crippen LogP contribution in [0.15, 0.2) is 0 Å². The first-order valence-corrected chi connectivity index (χ1v) is 5.36. The summed E-state index contributed by atoms with van der Waals surface area (Å²) in [6.07, 6.45) is 5.48. The summed E-state index contributed by atoms with van der Waals surface area (Å²) < 4.78 is 10.7. The van der Waals surface area contributed by atoms with Crippen molar-refractivity contribution >= 4 is 0 Å². The van der Waals surface area contributed by atoms with E-state index >= 15 is 0 Å². The third kappa shape index (κ3) is 11.9. The molecule has 0 saturated carbocycles. The molecule has 0 N–H and O–H groups in total. The predicted octanol–water partition coefficient (Wildman–Crippen LogP) is 2.82. The minimum atomic E-state index is 0.788. The van der Waals surface area contributed by atoms with E-state index in [0.717, 1.165) is 45.7 Å². The molecule has 13 heavy (non-hydrogen) atoms. The quantitative estimate of drug-likeness (QED) is 0.490. The van der Waals surface area contributed by atoms with Crippen LogP contribution in [-0.2, 0) is 9.47 Å². The molecular weight excluding hydrogens is 164 g/mol. The van der Waals surface area contributed by atoms with E-state index in [2.05, 4.69) is 13.8 Å². The average Bonchev–Trinajstić information content (AvgIpc) is 2.16. The van der Waals surface area contributed by atoms with Crippen molar-refractivity contribution < 1.29 is 9.47 Å². The topological polar surface area (TPSA) is 18.5 Å². The fourth-order valence-electron chi connectivity index (χ4n) is 0.961. The molecule has 0 atom stereocenters. The minimum Gasteiger partial charge on any atom is -0.381 e. The van der Waals surface area contributed by atoms with Gasteiger partial charge in [-0.25, -0.2) is 0 Å². The van der Waals surface area contributed by atoms with E-state index in [-0.39, 0.29) is 0 Å². The third-order valence-electron chi connectivity index (χ3n) is 1.76. The van der Waals surface area contributed by atoms with Gasteiger partial charge in [0.25, 0.3) is 0 Å². The van der Waals surface area contributed by atoms with Gasteiger partial charge in [0.2, 0.25) is 0 Å². The number of hydrogen-bond donors (Lipinski definition) is 0. The van der Waals surface area contributed by atoms with Crippen molar-refractivity contribution in [2.75, 3.05) is 26.4 Å². The Morgan fingerprint density at radius 3 is 1.92 bits per heavy atom. The van der Waals surface area contributed by atoms with Crippen LogP contribution >= 0.6 is 0 Å². The Morgan fingerprint density at radius 1 is 0.846 bits per heavy atom. The summed E-state index contributed by atoms with van der Waals surface area (Å²) in [6, 6.07) is 0. The van der Waals surface area contributed by atoms with Crippen LogP contribution in [-0.4, -0.2) is 26.4 Å². The highest BCUT2D eigenvalue weighted by atomic mass is 16.5. The molecule has 79 valence electrons. The molecule has 0 aliphatic heterocycles. The van der Waals surface area contributed by atoms with Gasteiger partial charge in [0.05, 0.1) is 0 Å². The van der Waals surface area contributed by atoms with Gasteiger partial charge in [-0.05, 0) is 25.7 Å². The molecule has 0 amide bonds. The van der Waals surface area contributed by atoms with Crippen molar-refractivity contribution in [3.63, 3.8) is 0 Å². The van der Waals surface area contributed by atoms with E-state index in [4.69, 9.17) is 9.47 Å². The Kier molecular flexibility index (Phi) is 11.8. The SMILES string of the molecule is [CH2]CCOCCCCOCCCC. The Hall–Kier alpha value is -0.0800. The second-order valence-electron chi connectivity index (χ2n) is 3.14. The van der Waals surface area contributed by atoms with Gasteiger partial charge in [0.15, 0.2) is 0 Å². The maximum Gasteiger partial charge on any atom is 0.0466 e. The number of rotatable bonds is 10. The summed E-state index contributed by atoms with van der Waals surface area (Å²) in [5.41, 5.74) is 0. The Labute approximate surface area is 82.6 Å². The van der Waals surface area contributed by atoms with Gasteiger partial charge in [-0.3, -0.25) is 0 Å². The highest BCUT2D eigenvalue weighted by Crippen LogP contribution is 1.94. The van der Waals surface area contributed by atoms with E-state index in [0.29, 0.717) is 0 Å². The predicted molar refractivity (Wildman–Crippen MR) is 55.8 cm³/mol. The van der Waals surface area contributed by atoms with Crippen LogP contribution in [0.25, 0.3) is 0 Å². The summed E-state index contributed by atoms with van der Waals surface area (Å²) in [7, 11) is 0. The van der Waals surface area contributed by atoms with E-state index in [1.165, 1.54) is 12.8 Å². The molecule has 0 heterocycles. The van der Waals surface area contributed by atoms with Gasteiger partial charge < -0.3 is 9.47 Å². The molecule has 0 bridgehead atoms. The second-order valence-corrected chi connectivity index (χ2v) is 3.14. The highest BCUT2D eigenvalue weighted by Gasteiger charge is 1.90. The first-order valence-electron chi connectivity index (χ1n) is 5.36. The molecule has 1 radical (unpaired) electrons. The fraction of sp³-hybridized carbons (Fsp3) is 0.909. The van der Waals surface area contributed by atoms with Crippen molar-refractivity contribution in [2.45, 2.75) is 39.0 Å². The smallest absolute Gasteiger partial charge is 0.0466 e. The Bertz CT molecular complexity index is 74.2. The van der Waals surface area contributed by atoms with Crippen LogP contribution in [0, 0.1) is 6.92 Å². The molecule has 0 fully saturated rings. The van der Waals surface area contributed by atoms with Crippen LogP contribution in [0.5, 0.6) is 0 Å². The van der Waals surface area contributed by atoms with Crippen molar-refractivity contribution in [1.29, 1.82) is 0 Å². The Balaban J connectivity index is 2.76. The van der Waals surface area contributed by atoms with Gasteiger partial charge in [-0.2, -0.15) is 0 Å². The molecule has 2 nitrogen and oxygen atoms in total. The first-order chi connectivity index (χ1) is 6.41. The molecule has 0 rings (SSSR count). The van der Waals surface area contributed by atoms with Crippen molar-refractivity contribution in [3.8, 4) is 0 Å². The van der Waals surface area contributed by atoms with Crippen LogP contribution in [0.3, 0.4) is 0 Å². The maximum absolute atomic E-state index is 5.41. The summed E-state index contributed by atoms with van der Waals surface area (Å²) in [4.78, 5) is 0. The van der Waals surface area contributed by atoms with Crippen molar-refractivity contribution in [3.05, 3.63) is 6.92 Å². The summed E-state index contributed by atoms with van der Waals surface area (Å²) in [6.45, 7) is 9.32. The van der Waals surface area contributed by atoms with Gasteiger partial charge in [0, 0.05) is 26.4 Å². The minimum absolute atomic E-state index is 0.788. The lowest BCUT2D eigenvalue weighted by Crippen LogP contribution is -2.00. The molecule has 0 unspecified atom stereocenters. The van der Waals surface area contributed by atoms with Crippen LogP contribution < -0.4 is 0 Å². The molecule has 0 spiro atoms. The standard InChI is InChI=1S/C11H23O2/c1-3-5-9-13-11-7-6-10-12-8-4-2/h2-11H2,1H3. The van der Waals surface area contributed by atoms with Crippen LogP contribution in [0.2, 0.25) is 0 Å². The van der Waals surface area contributed by atoms with Gasteiger partial charge in [0.1, 0.15) is 0 Å². The van der Waals surface area contributed by atoms with Crippen LogP contribution in [0.4, 0.5) is 0 Å². The maximum atomic E-state index is 5.41. The number of hydrogen-bond acceptors (Lipinski definition) is 2. The molecular formula is C11H23O2. The summed E-state index contributed by atoms with van der Waals surface area (Å²) >= 11 is 0. The van der Waals surface area contributed by atoms with Gasteiger partial charge >= 0.3 is 0 Å². The number of unbranched alkanes of at least 4 members (excludes halogenated alkanes) is 2. The molecule has 0 aliphatic rings. The lowest BCUT2D eigenvalue weighted by molar-refractivity contribution is 0.103. The molecule has 0 saturated heterocycles. The zero-order valence-electron chi connectivity index (χ0n) is 8.89. The molecule has 0 aliphatic carbocycles. The summed E-state index contributed by atoms with van der Waals surface area (Å²) in [5.74, 6) is 0. The molecule has 0 aromatic carbocycles. The molecule has 2 heteroatoms. The van der Waals surface area contributed by atoms with E-state index in [1.54, 1.807) is 0 Å². The lowest BCUT2D eigenvalue weighted by atomic mass is 10.3. The zero-order chi connectivity index (χ0) is 9.78. The van der Waals surface area contributed by atoms with Crippen molar-refractivity contribution in [1.82, 2.24) is 0 Å². The highest BCUT2D eigenvalue weighted by molar-refractivity contribution is 4.40. The van der Waals surface area contributed by atoms with Gasteiger partial charge in [-0.1, -0.05) is 20.3 Å². The van der Waals surface area contributed by atoms with E-state index in [9.17, 15) is 0 Å². The second kappa shape index (κ2) is 11.9. The summed E-state index contributed by atoms with van der Waals surface area (Å²) in [5, 5.41) is 0. The fourth-order valence-corrected chi connectivity index (χ4v) is 0.961. The third-order valence-corrected chi connectivity index (χ3v) is 1.76. The average molecular weight is 187 g/mol. The Morgan fingerprint density at radius 2 is 1.38 bits per heavy atom. The van der Waals surface area contributed by atoms with E-state index < -0.39 is 0 Å².